The molecule has 1 aliphatic carbocycles. The lowest BCUT2D eigenvalue weighted by atomic mass is 9.86. The summed E-state index contributed by atoms with van der Waals surface area (Å²) in [6, 6.07) is 3.13. The van der Waals surface area contributed by atoms with Gasteiger partial charge in [-0.3, -0.25) is 19.7 Å². The van der Waals surface area contributed by atoms with Gasteiger partial charge in [-0.05, 0) is 43.7 Å². The number of fused-ring (bicyclic) bond motifs is 1. The molecule has 0 unspecified atom stereocenters. The summed E-state index contributed by atoms with van der Waals surface area (Å²) in [4.78, 5) is 33.5. The number of aliphatic carboxylic acids is 1. The molecular weight excluding hydrogens is 314 g/mol. The van der Waals surface area contributed by atoms with E-state index >= 15 is 0 Å². The SMILES string of the molecule is O=C1CCc2cc([N+](=O)[O-])c(NC3CCC(C(=O)O)CC3)cc2N1. The minimum Gasteiger partial charge on any atom is -0.481 e. The molecule has 0 bridgehead atoms. The molecular formula is C16H19N3O5. The lowest BCUT2D eigenvalue weighted by molar-refractivity contribution is -0.384. The molecule has 128 valence electrons. The number of nitro benzene ring substituents is 1. The number of aryl methyl sites for hydroxylation is 1. The summed E-state index contributed by atoms with van der Waals surface area (Å²) in [5.41, 5.74) is 1.74. The first-order valence-electron chi connectivity index (χ1n) is 8.04. The average molecular weight is 333 g/mol. The van der Waals surface area contributed by atoms with E-state index in [0.29, 0.717) is 49.9 Å². The van der Waals surface area contributed by atoms with Crippen molar-refractivity contribution in [3.05, 3.63) is 27.8 Å². The van der Waals surface area contributed by atoms with Crippen LogP contribution in [0.2, 0.25) is 0 Å². The quantitative estimate of drug-likeness (QED) is 0.575. The summed E-state index contributed by atoms with van der Waals surface area (Å²) in [5.74, 6) is -1.21. The number of carboxylic acid groups (broad SMARTS) is 1. The third kappa shape index (κ3) is 3.32. The van der Waals surface area contributed by atoms with Gasteiger partial charge in [-0.25, -0.2) is 0 Å². The van der Waals surface area contributed by atoms with E-state index < -0.39 is 10.9 Å². The fraction of sp³-hybridized carbons (Fsp3) is 0.500. The Balaban J connectivity index is 1.79. The van der Waals surface area contributed by atoms with Gasteiger partial charge in [0.25, 0.3) is 5.69 Å². The van der Waals surface area contributed by atoms with Crippen LogP contribution >= 0.6 is 0 Å². The van der Waals surface area contributed by atoms with Crippen molar-refractivity contribution in [1.29, 1.82) is 0 Å². The van der Waals surface area contributed by atoms with Crippen molar-refractivity contribution in [1.82, 2.24) is 0 Å². The summed E-state index contributed by atoms with van der Waals surface area (Å²) in [6.45, 7) is 0. The summed E-state index contributed by atoms with van der Waals surface area (Å²) in [6.07, 6.45) is 3.24. The number of hydrogen-bond acceptors (Lipinski definition) is 5. The number of amides is 1. The second-order valence-corrected chi connectivity index (χ2v) is 6.36. The van der Waals surface area contributed by atoms with Gasteiger partial charge in [-0.2, -0.15) is 0 Å². The van der Waals surface area contributed by atoms with Crippen LogP contribution in [0.4, 0.5) is 17.1 Å². The van der Waals surface area contributed by atoms with Crippen LogP contribution in [0, 0.1) is 16.0 Å². The van der Waals surface area contributed by atoms with Gasteiger partial charge in [0.05, 0.1) is 10.8 Å². The van der Waals surface area contributed by atoms with Gasteiger partial charge in [-0.15, -0.1) is 0 Å². The topological polar surface area (TPSA) is 122 Å². The van der Waals surface area contributed by atoms with E-state index in [1.165, 1.54) is 6.07 Å². The molecule has 1 aliphatic heterocycles. The van der Waals surface area contributed by atoms with Gasteiger partial charge < -0.3 is 15.7 Å². The van der Waals surface area contributed by atoms with Gasteiger partial charge in [0.2, 0.25) is 5.91 Å². The maximum absolute atomic E-state index is 11.5. The molecule has 1 aromatic carbocycles. The summed E-state index contributed by atoms with van der Waals surface area (Å²) in [5, 5.41) is 26.3. The number of carbonyl (C=O) groups is 2. The Hall–Kier alpha value is -2.64. The van der Waals surface area contributed by atoms with Crippen molar-refractivity contribution in [2.24, 2.45) is 5.92 Å². The fourth-order valence-corrected chi connectivity index (χ4v) is 3.39. The van der Waals surface area contributed by atoms with Crippen molar-refractivity contribution < 1.29 is 19.6 Å². The van der Waals surface area contributed by atoms with Crippen LogP contribution in [-0.4, -0.2) is 27.9 Å². The van der Waals surface area contributed by atoms with Crippen LogP contribution in [0.3, 0.4) is 0 Å². The van der Waals surface area contributed by atoms with E-state index in [9.17, 15) is 19.7 Å². The molecule has 8 heteroatoms. The highest BCUT2D eigenvalue weighted by Crippen LogP contribution is 2.36. The minimum absolute atomic E-state index is 0.00311. The Morgan fingerprint density at radius 2 is 1.96 bits per heavy atom. The van der Waals surface area contributed by atoms with E-state index in [0.717, 1.165) is 5.56 Å². The number of carbonyl (C=O) groups excluding carboxylic acids is 1. The third-order valence-electron chi connectivity index (χ3n) is 4.75. The maximum Gasteiger partial charge on any atom is 0.306 e. The first kappa shape index (κ1) is 16.2. The third-order valence-corrected chi connectivity index (χ3v) is 4.75. The molecule has 0 saturated heterocycles. The monoisotopic (exact) mass is 333 g/mol. The zero-order valence-corrected chi connectivity index (χ0v) is 13.1. The molecule has 0 atom stereocenters. The van der Waals surface area contributed by atoms with Gasteiger partial charge in [0, 0.05) is 24.2 Å². The molecule has 1 amide bonds. The Labute approximate surface area is 138 Å². The van der Waals surface area contributed by atoms with E-state index in [-0.39, 0.29) is 23.6 Å². The zero-order chi connectivity index (χ0) is 17.3. The molecule has 0 spiro atoms. The van der Waals surface area contributed by atoms with Gasteiger partial charge in [-0.1, -0.05) is 0 Å². The van der Waals surface area contributed by atoms with Gasteiger partial charge in [0.1, 0.15) is 5.69 Å². The minimum atomic E-state index is -0.782. The fourth-order valence-electron chi connectivity index (χ4n) is 3.39. The number of nitrogens with zero attached hydrogens (tertiary/aromatic N) is 1. The van der Waals surface area contributed by atoms with Crippen molar-refractivity contribution in [2.45, 2.75) is 44.6 Å². The largest absolute Gasteiger partial charge is 0.481 e. The number of hydrogen-bond donors (Lipinski definition) is 3. The standard InChI is InChI=1S/C16H19N3O5/c20-15-6-3-10-7-14(19(23)24)13(8-12(10)18-15)17-11-4-1-9(2-5-11)16(21)22/h7-9,11,17H,1-6H2,(H,18,20)(H,21,22). The van der Waals surface area contributed by atoms with E-state index in [2.05, 4.69) is 10.6 Å². The average Bonchev–Trinajstić information content (AvgIpc) is 2.54. The van der Waals surface area contributed by atoms with Crippen LogP contribution in [0.15, 0.2) is 12.1 Å². The Kier molecular flexibility index (Phi) is 4.37. The van der Waals surface area contributed by atoms with E-state index in [4.69, 9.17) is 5.11 Å². The number of nitrogens with one attached hydrogen (secondary N) is 2. The molecule has 0 aromatic heterocycles. The predicted octanol–water partition coefficient (Wildman–Crippen LogP) is 2.53. The highest BCUT2D eigenvalue weighted by molar-refractivity contribution is 5.95. The first-order valence-corrected chi connectivity index (χ1v) is 8.04. The van der Waals surface area contributed by atoms with Gasteiger partial charge >= 0.3 is 5.97 Å². The van der Waals surface area contributed by atoms with Crippen LogP contribution in [-0.2, 0) is 16.0 Å². The molecule has 2 aliphatic rings. The van der Waals surface area contributed by atoms with Crippen molar-refractivity contribution >= 4 is 28.9 Å². The van der Waals surface area contributed by atoms with Crippen molar-refractivity contribution in [3.63, 3.8) is 0 Å². The number of benzene rings is 1. The predicted molar refractivity (Wildman–Crippen MR) is 87.1 cm³/mol. The van der Waals surface area contributed by atoms with Crippen LogP contribution in [0.25, 0.3) is 0 Å². The molecule has 24 heavy (non-hydrogen) atoms. The molecule has 3 rings (SSSR count). The highest BCUT2D eigenvalue weighted by Gasteiger charge is 2.28. The maximum atomic E-state index is 11.5. The molecule has 1 saturated carbocycles. The summed E-state index contributed by atoms with van der Waals surface area (Å²) in [7, 11) is 0. The van der Waals surface area contributed by atoms with E-state index in [1.807, 2.05) is 0 Å². The van der Waals surface area contributed by atoms with Crippen molar-refractivity contribution in [2.75, 3.05) is 10.6 Å². The lowest BCUT2D eigenvalue weighted by Gasteiger charge is -2.28. The number of carboxylic acids is 1. The van der Waals surface area contributed by atoms with Crippen LogP contribution in [0.1, 0.15) is 37.7 Å². The molecule has 8 nitrogen and oxygen atoms in total. The van der Waals surface area contributed by atoms with Crippen LogP contribution in [0.5, 0.6) is 0 Å². The number of nitro groups is 1. The Morgan fingerprint density at radius 1 is 1.25 bits per heavy atom. The summed E-state index contributed by atoms with van der Waals surface area (Å²) >= 11 is 0. The normalized spacial score (nSPS) is 23.1. The highest BCUT2D eigenvalue weighted by atomic mass is 16.6. The van der Waals surface area contributed by atoms with Crippen molar-refractivity contribution in [3.8, 4) is 0 Å². The second kappa shape index (κ2) is 6.46. The van der Waals surface area contributed by atoms with Gasteiger partial charge in [0.15, 0.2) is 0 Å². The summed E-state index contributed by atoms with van der Waals surface area (Å²) < 4.78 is 0. The first-order chi connectivity index (χ1) is 11.4. The van der Waals surface area contributed by atoms with E-state index in [1.54, 1.807) is 6.07 Å². The molecule has 1 heterocycles. The zero-order valence-electron chi connectivity index (χ0n) is 13.1. The molecule has 1 fully saturated rings. The number of rotatable bonds is 4. The number of anilines is 2. The molecule has 1 aromatic rings. The Morgan fingerprint density at radius 3 is 2.58 bits per heavy atom. The smallest absolute Gasteiger partial charge is 0.306 e. The Bertz CT molecular complexity index is 695. The van der Waals surface area contributed by atoms with Crippen LogP contribution < -0.4 is 10.6 Å². The lowest BCUT2D eigenvalue weighted by Crippen LogP contribution is -2.29. The second-order valence-electron chi connectivity index (χ2n) is 6.36. The molecule has 0 radical (unpaired) electrons. The molecule has 3 N–H and O–H groups in total.